The lowest BCUT2D eigenvalue weighted by molar-refractivity contribution is -0.128. The predicted octanol–water partition coefficient (Wildman–Crippen LogP) is 6.74. The summed E-state index contributed by atoms with van der Waals surface area (Å²) in [7, 11) is 0. The molecule has 198 valence electrons. The van der Waals surface area contributed by atoms with Crippen molar-refractivity contribution in [3.05, 3.63) is 99.5 Å². The monoisotopic (exact) mass is 582 g/mol. The highest BCUT2D eigenvalue weighted by molar-refractivity contribution is 9.10. The first-order valence-corrected chi connectivity index (χ1v) is 14.1. The number of rotatable bonds is 3. The van der Waals surface area contributed by atoms with Crippen molar-refractivity contribution in [3.63, 3.8) is 0 Å². The Morgan fingerprint density at radius 2 is 1.67 bits per heavy atom. The molecule has 0 aliphatic carbocycles. The molecule has 5 nitrogen and oxygen atoms in total. The molecule has 0 aromatic heterocycles. The summed E-state index contributed by atoms with van der Waals surface area (Å²) in [5.74, 6) is -1.43. The van der Waals surface area contributed by atoms with Gasteiger partial charge in [-0.05, 0) is 55.3 Å². The molecule has 6 heteroatoms. The number of hydrogen-bond acceptors (Lipinski definition) is 4. The molecule has 0 bridgehead atoms. The number of aryl methyl sites for hydroxylation is 1. The van der Waals surface area contributed by atoms with Gasteiger partial charge in [-0.25, -0.2) is 0 Å². The van der Waals surface area contributed by atoms with Crippen molar-refractivity contribution in [2.24, 2.45) is 11.3 Å². The van der Waals surface area contributed by atoms with Crippen LogP contribution in [-0.4, -0.2) is 29.6 Å². The molecule has 39 heavy (non-hydrogen) atoms. The van der Waals surface area contributed by atoms with E-state index in [0.717, 1.165) is 32.4 Å². The third kappa shape index (κ3) is 3.61. The van der Waals surface area contributed by atoms with Crippen molar-refractivity contribution in [2.75, 3.05) is 10.2 Å². The molecule has 1 saturated heterocycles. The molecule has 3 aromatic rings. The van der Waals surface area contributed by atoms with Crippen molar-refractivity contribution in [3.8, 4) is 0 Å². The van der Waals surface area contributed by atoms with Crippen LogP contribution in [0.15, 0.2) is 77.3 Å². The fraction of sp³-hybridized carbons (Fsp3) is 0.303. The summed E-state index contributed by atoms with van der Waals surface area (Å²) in [6.07, 6.45) is 2.10. The molecule has 1 fully saturated rings. The maximum absolute atomic E-state index is 14.7. The molecule has 3 aliphatic rings. The first-order chi connectivity index (χ1) is 18.5. The first-order valence-electron chi connectivity index (χ1n) is 13.3. The molecule has 4 atom stereocenters. The summed E-state index contributed by atoms with van der Waals surface area (Å²) in [6, 6.07) is 19.6. The zero-order valence-electron chi connectivity index (χ0n) is 22.7. The van der Waals surface area contributed by atoms with Crippen LogP contribution in [-0.2, 0) is 15.0 Å². The molecule has 0 unspecified atom stereocenters. The van der Waals surface area contributed by atoms with E-state index in [4.69, 9.17) is 0 Å². The van der Waals surface area contributed by atoms with Crippen LogP contribution in [0.5, 0.6) is 0 Å². The standard InChI is InChI=1S/C33H31BrN2O3/c1-18-10-15-25-22(16-18)19(2)17-26-33(23-8-6-7-9-24(23)35-31(33)39)27(28(36(25)26)30(38)32(3,4)5)29(37)20-11-13-21(34)14-12-20/h6-17,26-28H,1-5H3,(H,35,39)/t26-,27-,28-,33+/m0/s1. The quantitative estimate of drug-likeness (QED) is 0.347. The van der Waals surface area contributed by atoms with Gasteiger partial charge in [-0.1, -0.05) is 84.7 Å². The number of amides is 1. The number of hydrogen-bond donors (Lipinski definition) is 1. The third-order valence-corrected chi connectivity index (χ3v) is 9.08. The van der Waals surface area contributed by atoms with E-state index in [2.05, 4.69) is 38.3 Å². The number of Topliss-reactive ketones (excluding diaryl/α,β-unsaturated/α-hetero) is 2. The number of benzene rings is 3. The highest BCUT2D eigenvalue weighted by atomic mass is 79.9. The molecule has 3 heterocycles. The summed E-state index contributed by atoms with van der Waals surface area (Å²) < 4.78 is 0.853. The van der Waals surface area contributed by atoms with Crippen molar-refractivity contribution in [1.82, 2.24) is 0 Å². The molecule has 3 aliphatic heterocycles. The maximum atomic E-state index is 14.7. The van der Waals surface area contributed by atoms with Crippen LogP contribution < -0.4 is 10.2 Å². The molecule has 1 amide bonds. The highest BCUT2D eigenvalue weighted by Crippen LogP contribution is 2.59. The van der Waals surface area contributed by atoms with Gasteiger partial charge in [-0.2, -0.15) is 0 Å². The highest BCUT2D eigenvalue weighted by Gasteiger charge is 2.71. The minimum atomic E-state index is -1.28. The van der Waals surface area contributed by atoms with Gasteiger partial charge >= 0.3 is 0 Å². The van der Waals surface area contributed by atoms with E-state index in [0.29, 0.717) is 11.3 Å². The summed E-state index contributed by atoms with van der Waals surface area (Å²) in [5.41, 5.74) is 3.97. The number of ketones is 2. The number of allylic oxidation sites excluding steroid dienone is 1. The molecule has 6 rings (SSSR count). The zero-order chi connectivity index (χ0) is 27.9. The van der Waals surface area contributed by atoms with Crippen molar-refractivity contribution in [1.29, 1.82) is 0 Å². The second-order valence-electron chi connectivity index (χ2n) is 12.0. The number of halogens is 1. The summed E-state index contributed by atoms with van der Waals surface area (Å²) in [5, 5.41) is 3.09. The predicted molar refractivity (Wildman–Crippen MR) is 158 cm³/mol. The van der Waals surface area contributed by atoms with Crippen molar-refractivity contribution >= 4 is 50.4 Å². The summed E-state index contributed by atoms with van der Waals surface area (Å²) in [4.78, 5) is 45.6. The number of carbonyl (C=O) groups excluding carboxylic acids is 3. The second-order valence-corrected chi connectivity index (χ2v) is 12.9. The molecule has 1 N–H and O–H groups in total. The number of anilines is 2. The Morgan fingerprint density at radius 3 is 2.36 bits per heavy atom. The van der Waals surface area contributed by atoms with E-state index in [1.165, 1.54) is 0 Å². The molecule has 3 aromatic carbocycles. The molecular weight excluding hydrogens is 552 g/mol. The lowest BCUT2D eigenvalue weighted by Crippen LogP contribution is -2.51. The normalized spacial score (nSPS) is 25.1. The Hall–Kier alpha value is -3.51. The number of fused-ring (bicyclic) bond motifs is 6. The second kappa shape index (κ2) is 8.75. The minimum Gasteiger partial charge on any atom is -0.352 e. The van der Waals surface area contributed by atoms with Crippen LogP contribution in [0.3, 0.4) is 0 Å². The minimum absolute atomic E-state index is 0.0588. The van der Waals surface area contributed by atoms with E-state index in [-0.39, 0.29) is 17.5 Å². The van der Waals surface area contributed by atoms with Crippen LogP contribution >= 0.6 is 15.9 Å². The largest absolute Gasteiger partial charge is 0.352 e. The van der Waals surface area contributed by atoms with Crippen molar-refractivity contribution < 1.29 is 14.4 Å². The van der Waals surface area contributed by atoms with Gasteiger partial charge in [0.2, 0.25) is 5.91 Å². The average Bonchev–Trinajstić information content (AvgIpc) is 3.35. The molecule has 1 spiro atoms. The molecular formula is C33H31BrN2O3. The van der Waals surface area contributed by atoms with Crippen LogP contribution in [0.1, 0.15) is 54.7 Å². The van der Waals surface area contributed by atoms with E-state index in [1.807, 2.05) is 83.1 Å². The van der Waals surface area contributed by atoms with E-state index >= 15 is 0 Å². The molecule has 0 saturated carbocycles. The van der Waals surface area contributed by atoms with Crippen LogP contribution in [0.2, 0.25) is 0 Å². The Labute approximate surface area is 237 Å². The molecule has 0 radical (unpaired) electrons. The Bertz CT molecular complexity index is 1580. The van der Waals surface area contributed by atoms with E-state index in [9.17, 15) is 14.4 Å². The smallest absolute Gasteiger partial charge is 0.238 e. The van der Waals surface area contributed by atoms with E-state index < -0.39 is 28.8 Å². The number of nitrogens with zero attached hydrogens (tertiary/aromatic N) is 1. The van der Waals surface area contributed by atoms with Crippen LogP contribution in [0.4, 0.5) is 11.4 Å². The third-order valence-electron chi connectivity index (χ3n) is 8.55. The lowest BCUT2D eigenvalue weighted by atomic mass is 9.63. The van der Waals surface area contributed by atoms with Gasteiger partial charge in [-0.3, -0.25) is 14.4 Å². The van der Waals surface area contributed by atoms with Crippen LogP contribution in [0, 0.1) is 18.3 Å². The number of para-hydroxylation sites is 1. The zero-order valence-corrected chi connectivity index (χ0v) is 24.3. The van der Waals surface area contributed by atoms with E-state index in [1.54, 1.807) is 12.1 Å². The Kier molecular flexibility index (Phi) is 5.78. The van der Waals surface area contributed by atoms with Gasteiger partial charge in [-0.15, -0.1) is 0 Å². The van der Waals surface area contributed by atoms with Gasteiger partial charge in [0.15, 0.2) is 11.6 Å². The lowest BCUT2D eigenvalue weighted by Gasteiger charge is -2.40. The topological polar surface area (TPSA) is 66.5 Å². The van der Waals surface area contributed by atoms with Gasteiger partial charge in [0.05, 0.1) is 12.0 Å². The van der Waals surface area contributed by atoms with Gasteiger partial charge < -0.3 is 10.2 Å². The van der Waals surface area contributed by atoms with Crippen molar-refractivity contribution in [2.45, 2.75) is 52.1 Å². The van der Waals surface area contributed by atoms with Gasteiger partial charge in [0, 0.05) is 32.4 Å². The fourth-order valence-corrected chi connectivity index (χ4v) is 7.05. The van der Waals surface area contributed by atoms with Crippen LogP contribution in [0.25, 0.3) is 5.57 Å². The first kappa shape index (κ1) is 25.8. The Balaban J connectivity index is 1.70. The number of nitrogens with one attached hydrogen (secondary N) is 1. The van der Waals surface area contributed by atoms with Gasteiger partial charge in [0.25, 0.3) is 0 Å². The summed E-state index contributed by atoms with van der Waals surface area (Å²) in [6.45, 7) is 9.76. The Morgan fingerprint density at radius 1 is 0.974 bits per heavy atom. The maximum Gasteiger partial charge on any atom is 0.238 e. The average molecular weight is 584 g/mol. The summed E-state index contributed by atoms with van der Waals surface area (Å²) >= 11 is 3.46. The SMILES string of the molecule is CC1=C[C@@H]2N(c3ccc(C)cc31)[C@H](C(=O)C(C)(C)C)[C@@H](C(=O)c1ccc(Br)cc1)[C@]21C(=O)Nc2ccccc21. The number of carbonyl (C=O) groups is 3. The fourth-order valence-electron chi connectivity index (χ4n) is 6.78. The van der Waals surface area contributed by atoms with Gasteiger partial charge in [0.1, 0.15) is 11.5 Å².